The minimum Gasteiger partial charge on any atom is -0.490 e. The van der Waals surface area contributed by atoms with Crippen LogP contribution in [0, 0.1) is 10.1 Å². The maximum atomic E-state index is 10.9. The summed E-state index contributed by atoms with van der Waals surface area (Å²) in [6.45, 7) is 1.16. The molecule has 0 spiro atoms. The molecular weight excluding hydrogens is 258 g/mol. The van der Waals surface area contributed by atoms with Crippen molar-refractivity contribution < 1.29 is 14.4 Å². The van der Waals surface area contributed by atoms with E-state index in [9.17, 15) is 10.1 Å². The van der Waals surface area contributed by atoms with Crippen molar-refractivity contribution in [2.75, 3.05) is 20.3 Å². The summed E-state index contributed by atoms with van der Waals surface area (Å²) in [6, 6.07) is 2.93. The molecule has 0 aromatic heterocycles. The van der Waals surface area contributed by atoms with Crippen molar-refractivity contribution in [2.24, 2.45) is 0 Å². The molecule has 0 unspecified atom stereocenters. The van der Waals surface area contributed by atoms with Crippen LogP contribution in [-0.2, 0) is 4.74 Å². The highest BCUT2D eigenvalue weighted by molar-refractivity contribution is 6.32. The second-order valence-electron chi connectivity index (χ2n) is 3.82. The van der Waals surface area contributed by atoms with Gasteiger partial charge in [0.15, 0.2) is 5.75 Å². The lowest BCUT2D eigenvalue weighted by Crippen LogP contribution is -2.04. The summed E-state index contributed by atoms with van der Waals surface area (Å²) in [5, 5.41) is 11.2. The molecule has 0 radical (unpaired) electrons. The molecule has 0 amide bonds. The summed E-state index contributed by atoms with van der Waals surface area (Å²) in [4.78, 5) is 10.3. The maximum absolute atomic E-state index is 10.9. The fourth-order valence-corrected chi connectivity index (χ4v) is 2.15. The van der Waals surface area contributed by atoms with Gasteiger partial charge in [-0.25, -0.2) is 0 Å². The lowest BCUT2D eigenvalue weighted by molar-refractivity contribution is -0.385. The van der Waals surface area contributed by atoms with Gasteiger partial charge in [0.2, 0.25) is 0 Å². The van der Waals surface area contributed by atoms with E-state index < -0.39 is 4.92 Å². The van der Waals surface area contributed by atoms with E-state index in [1.807, 2.05) is 6.08 Å². The quantitative estimate of drug-likeness (QED) is 0.625. The summed E-state index contributed by atoms with van der Waals surface area (Å²) in [5.41, 5.74) is 1.67. The number of nitrogens with zero attached hydrogens (tertiary/aromatic N) is 1. The van der Waals surface area contributed by atoms with E-state index in [1.165, 1.54) is 13.2 Å². The van der Waals surface area contributed by atoms with Gasteiger partial charge in [-0.05, 0) is 18.1 Å². The molecule has 1 heterocycles. The van der Waals surface area contributed by atoms with Crippen LogP contribution in [-0.4, -0.2) is 25.2 Å². The van der Waals surface area contributed by atoms with Gasteiger partial charge in [-0.2, -0.15) is 0 Å². The first-order valence-corrected chi connectivity index (χ1v) is 5.80. The highest BCUT2D eigenvalue weighted by Crippen LogP contribution is 2.37. The van der Waals surface area contributed by atoms with E-state index in [-0.39, 0.29) is 11.4 Å². The van der Waals surface area contributed by atoms with Gasteiger partial charge < -0.3 is 9.47 Å². The van der Waals surface area contributed by atoms with Gasteiger partial charge in [-0.15, -0.1) is 0 Å². The molecule has 2 rings (SSSR count). The van der Waals surface area contributed by atoms with E-state index in [0.29, 0.717) is 18.2 Å². The predicted octanol–water partition coefficient (Wildman–Crippen LogP) is 3.06. The Morgan fingerprint density at radius 3 is 2.83 bits per heavy atom. The van der Waals surface area contributed by atoms with Gasteiger partial charge >= 0.3 is 5.69 Å². The molecule has 0 saturated carbocycles. The van der Waals surface area contributed by atoms with Crippen molar-refractivity contribution in [3.8, 4) is 5.75 Å². The fraction of sp³-hybridized carbons (Fsp3) is 0.333. The van der Waals surface area contributed by atoms with Crippen molar-refractivity contribution in [3.63, 3.8) is 0 Å². The molecule has 1 aliphatic rings. The monoisotopic (exact) mass is 269 g/mol. The molecular formula is C12H12ClNO4. The van der Waals surface area contributed by atoms with Gasteiger partial charge in [-0.3, -0.25) is 10.1 Å². The second-order valence-corrected chi connectivity index (χ2v) is 4.22. The minimum absolute atomic E-state index is 0.126. The van der Waals surface area contributed by atoms with Crippen molar-refractivity contribution in [3.05, 3.63) is 38.9 Å². The summed E-state index contributed by atoms with van der Waals surface area (Å²) < 4.78 is 10.3. The third kappa shape index (κ3) is 2.47. The Kier molecular flexibility index (Phi) is 3.84. The van der Waals surface area contributed by atoms with Crippen LogP contribution >= 0.6 is 11.6 Å². The number of nitro groups is 1. The predicted molar refractivity (Wildman–Crippen MR) is 68.1 cm³/mol. The van der Waals surface area contributed by atoms with Gasteiger partial charge in [-0.1, -0.05) is 17.7 Å². The molecule has 0 bridgehead atoms. The number of methoxy groups -OCH3 is 1. The number of ether oxygens (including phenoxy) is 2. The van der Waals surface area contributed by atoms with Crippen LogP contribution in [0.1, 0.15) is 12.0 Å². The van der Waals surface area contributed by atoms with Crippen LogP contribution in [0.25, 0.3) is 5.57 Å². The normalized spacial score (nSPS) is 15.1. The maximum Gasteiger partial charge on any atom is 0.312 e. The van der Waals surface area contributed by atoms with Crippen LogP contribution in [0.3, 0.4) is 0 Å². The lowest BCUT2D eigenvalue weighted by Gasteiger charge is -2.15. The Balaban J connectivity index is 2.49. The zero-order valence-electron chi connectivity index (χ0n) is 9.81. The summed E-state index contributed by atoms with van der Waals surface area (Å²) >= 11 is 6.09. The largest absolute Gasteiger partial charge is 0.490 e. The average molecular weight is 270 g/mol. The van der Waals surface area contributed by atoms with Gasteiger partial charge in [0, 0.05) is 11.6 Å². The minimum atomic E-state index is -0.507. The average Bonchev–Trinajstić information content (AvgIpc) is 2.39. The number of hydrogen-bond donors (Lipinski definition) is 0. The highest BCUT2D eigenvalue weighted by atomic mass is 35.5. The zero-order valence-corrected chi connectivity index (χ0v) is 10.6. The van der Waals surface area contributed by atoms with Crippen molar-refractivity contribution in [1.82, 2.24) is 0 Å². The number of halogens is 1. The van der Waals surface area contributed by atoms with E-state index in [4.69, 9.17) is 21.1 Å². The molecule has 0 atom stereocenters. The standard InChI is InChI=1S/C12H12ClNO4/c1-17-12-6-9(8-2-4-18-5-3-8)10(13)7-11(12)14(15)16/h2,6-7H,3-5H2,1H3. The van der Waals surface area contributed by atoms with Gasteiger partial charge in [0.1, 0.15) is 0 Å². The molecule has 0 saturated heterocycles. The van der Waals surface area contributed by atoms with E-state index in [2.05, 4.69) is 0 Å². The molecule has 1 aromatic carbocycles. The van der Waals surface area contributed by atoms with Crippen LogP contribution < -0.4 is 4.74 Å². The smallest absolute Gasteiger partial charge is 0.312 e. The first-order valence-electron chi connectivity index (χ1n) is 5.42. The van der Waals surface area contributed by atoms with Crippen LogP contribution in [0.5, 0.6) is 5.75 Å². The lowest BCUT2D eigenvalue weighted by atomic mass is 10.0. The number of hydrogen-bond acceptors (Lipinski definition) is 4. The number of rotatable bonds is 3. The first kappa shape index (κ1) is 12.9. The molecule has 1 aromatic rings. The third-order valence-electron chi connectivity index (χ3n) is 2.77. The Hall–Kier alpha value is -1.59. The molecule has 18 heavy (non-hydrogen) atoms. The molecule has 1 aliphatic heterocycles. The molecule has 5 nitrogen and oxygen atoms in total. The Labute approximate surface area is 109 Å². The number of nitro benzene ring substituents is 1. The van der Waals surface area contributed by atoms with Crippen molar-refractivity contribution in [2.45, 2.75) is 6.42 Å². The molecule has 0 fully saturated rings. The molecule has 96 valence electrons. The molecule has 0 aliphatic carbocycles. The fourth-order valence-electron chi connectivity index (χ4n) is 1.87. The topological polar surface area (TPSA) is 61.6 Å². The van der Waals surface area contributed by atoms with Crippen LogP contribution in [0.4, 0.5) is 5.69 Å². The summed E-state index contributed by atoms with van der Waals surface area (Å²) in [6.07, 6.45) is 2.66. The van der Waals surface area contributed by atoms with Crippen molar-refractivity contribution in [1.29, 1.82) is 0 Å². The zero-order chi connectivity index (χ0) is 13.1. The van der Waals surface area contributed by atoms with Gasteiger partial charge in [0.05, 0.1) is 30.3 Å². The highest BCUT2D eigenvalue weighted by Gasteiger charge is 2.20. The SMILES string of the molecule is COc1cc(C2=CCOCC2)c(Cl)cc1[N+](=O)[O-]. The Morgan fingerprint density at radius 2 is 2.28 bits per heavy atom. The first-order chi connectivity index (χ1) is 8.63. The Bertz CT molecular complexity index is 513. The molecule has 0 N–H and O–H groups in total. The van der Waals surface area contributed by atoms with Gasteiger partial charge in [0.25, 0.3) is 0 Å². The number of benzene rings is 1. The van der Waals surface area contributed by atoms with E-state index in [1.54, 1.807) is 6.07 Å². The van der Waals surface area contributed by atoms with E-state index in [0.717, 1.165) is 17.6 Å². The molecule has 6 heteroatoms. The third-order valence-corrected chi connectivity index (χ3v) is 3.09. The van der Waals surface area contributed by atoms with Crippen LogP contribution in [0.2, 0.25) is 5.02 Å². The van der Waals surface area contributed by atoms with Crippen LogP contribution in [0.15, 0.2) is 18.2 Å². The Morgan fingerprint density at radius 1 is 1.50 bits per heavy atom. The second kappa shape index (κ2) is 5.37. The van der Waals surface area contributed by atoms with E-state index >= 15 is 0 Å². The van der Waals surface area contributed by atoms with Crippen molar-refractivity contribution >= 4 is 22.9 Å². The summed E-state index contributed by atoms with van der Waals surface area (Å²) in [5.74, 6) is 0.215. The summed E-state index contributed by atoms with van der Waals surface area (Å²) in [7, 11) is 1.40.